The molecule has 1 amide bonds. The van der Waals surface area contributed by atoms with Gasteiger partial charge in [-0.25, -0.2) is 0 Å². The number of carbonyl (C=O) groups is 1. The second-order valence-electron chi connectivity index (χ2n) is 9.05. The van der Waals surface area contributed by atoms with E-state index < -0.39 is 24.6 Å². The zero-order chi connectivity index (χ0) is 24.6. The molecule has 0 aromatic heterocycles. The largest absolute Gasteiger partial charge is 0.497 e. The molecule has 1 aliphatic heterocycles. The molecule has 0 spiro atoms. The number of rotatable bonds is 12. The smallest absolute Gasteiger partial charge is 0.475 e. The van der Waals surface area contributed by atoms with E-state index in [1.54, 1.807) is 7.11 Å². The quantitative estimate of drug-likeness (QED) is 0.413. The average molecular weight is 468 g/mol. The normalized spacial score (nSPS) is 18.2. The zero-order valence-electron chi connectivity index (χ0n) is 19.9. The standard InChI is InChI=1S/C25H33BN2O6/c1-18(2)13-23(26(30)31)27-24(29)25(14-19-7-5-4-6-8-19)15-21(28-34-25)17-33-16-20-9-11-22(32-3)12-10-20/h4-12,18,23,30-31H,13-17H2,1-3H3,(H,27,29). The Morgan fingerprint density at radius 2 is 1.82 bits per heavy atom. The van der Waals surface area contributed by atoms with Gasteiger partial charge in [-0.1, -0.05) is 61.5 Å². The first-order valence-corrected chi connectivity index (χ1v) is 11.5. The fourth-order valence-corrected chi connectivity index (χ4v) is 3.92. The Balaban J connectivity index is 1.66. The highest BCUT2D eigenvalue weighted by Crippen LogP contribution is 2.30. The number of carbonyl (C=O) groups excluding carboxylic acids is 1. The highest BCUT2D eigenvalue weighted by Gasteiger charge is 2.48. The predicted octanol–water partition coefficient (Wildman–Crippen LogP) is 2.51. The monoisotopic (exact) mass is 468 g/mol. The number of ether oxygens (including phenoxy) is 2. The number of oxime groups is 1. The van der Waals surface area contributed by atoms with Crippen LogP contribution in [-0.4, -0.2) is 54.0 Å². The molecule has 8 nitrogen and oxygen atoms in total. The molecule has 1 heterocycles. The van der Waals surface area contributed by atoms with Crippen molar-refractivity contribution in [2.75, 3.05) is 13.7 Å². The maximum atomic E-state index is 13.4. The Kier molecular flexibility index (Phi) is 9.09. The van der Waals surface area contributed by atoms with E-state index in [9.17, 15) is 14.8 Å². The Labute approximate surface area is 201 Å². The first-order chi connectivity index (χ1) is 16.3. The molecule has 2 aromatic rings. The third-order valence-electron chi connectivity index (χ3n) is 5.68. The van der Waals surface area contributed by atoms with Gasteiger partial charge in [0.15, 0.2) is 0 Å². The van der Waals surface area contributed by atoms with Crippen LogP contribution in [0.5, 0.6) is 5.75 Å². The first-order valence-electron chi connectivity index (χ1n) is 11.5. The number of nitrogens with one attached hydrogen (secondary N) is 1. The number of amides is 1. The van der Waals surface area contributed by atoms with Crippen LogP contribution in [-0.2, 0) is 27.4 Å². The van der Waals surface area contributed by atoms with Crippen LogP contribution in [0.3, 0.4) is 0 Å². The SMILES string of the molecule is COc1ccc(COCC2=NOC(Cc3ccccc3)(C(=O)NC(CC(C)C)B(O)O)C2)cc1. The average Bonchev–Trinajstić information content (AvgIpc) is 3.23. The van der Waals surface area contributed by atoms with Crippen LogP contribution in [0.4, 0.5) is 0 Å². The molecule has 1 aliphatic rings. The molecule has 3 N–H and O–H groups in total. The minimum absolute atomic E-state index is 0.167. The van der Waals surface area contributed by atoms with Crippen LogP contribution >= 0.6 is 0 Å². The van der Waals surface area contributed by atoms with E-state index in [0.717, 1.165) is 16.9 Å². The van der Waals surface area contributed by atoms with Crippen molar-refractivity contribution in [3.8, 4) is 5.75 Å². The summed E-state index contributed by atoms with van der Waals surface area (Å²) >= 11 is 0. The van der Waals surface area contributed by atoms with Gasteiger partial charge in [-0.05, 0) is 35.6 Å². The first kappa shape index (κ1) is 25.7. The van der Waals surface area contributed by atoms with Crippen LogP contribution in [0.1, 0.15) is 37.8 Å². The third kappa shape index (κ3) is 7.06. The lowest BCUT2D eigenvalue weighted by atomic mass is 9.74. The van der Waals surface area contributed by atoms with Crippen molar-refractivity contribution in [2.24, 2.45) is 11.1 Å². The number of nitrogens with zero attached hydrogens (tertiary/aromatic N) is 1. The third-order valence-corrected chi connectivity index (χ3v) is 5.68. The molecule has 2 aromatic carbocycles. The Morgan fingerprint density at radius 1 is 1.12 bits per heavy atom. The van der Waals surface area contributed by atoms with E-state index in [1.807, 2.05) is 68.4 Å². The summed E-state index contributed by atoms with van der Waals surface area (Å²) < 4.78 is 11.0. The lowest BCUT2D eigenvalue weighted by molar-refractivity contribution is -0.144. The van der Waals surface area contributed by atoms with Crippen LogP contribution in [0.15, 0.2) is 59.8 Å². The van der Waals surface area contributed by atoms with Crippen molar-refractivity contribution in [1.82, 2.24) is 5.32 Å². The molecule has 0 bridgehead atoms. The van der Waals surface area contributed by atoms with Gasteiger partial charge in [0.05, 0.1) is 32.0 Å². The molecular formula is C25H33BN2O6. The predicted molar refractivity (Wildman–Crippen MR) is 130 cm³/mol. The molecule has 34 heavy (non-hydrogen) atoms. The van der Waals surface area contributed by atoms with Crippen molar-refractivity contribution >= 4 is 18.7 Å². The Morgan fingerprint density at radius 3 is 2.44 bits per heavy atom. The number of hydrogen-bond donors (Lipinski definition) is 3. The van der Waals surface area contributed by atoms with Gasteiger partial charge in [0.2, 0.25) is 5.60 Å². The van der Waals surface area contributed by atoms with Gasteiger partial charge < -0.3 is 29.7 Å². The molecule has 0 saturated heterocycles. The van der Waals surface area contributed by atoms with Crippen molar-refractivity contribution in [2.45, 2.75) is 51.3 Å². The second-order valence-corrected chi connectivity index (χ2v) is 9.05. The van der Waals surface area contributed by atoms with Gasteiger partial charge in [-0.2, -0.15) is 0 Å². The number of benzene rings is 2. The molecule has 2 unspecified atom stereocenters. The molecule has 182 valence electrons. The summed E-state index contributed by atoms with van der Waals surface area (Å²) in [5, 5.41) is 26.5. The van der Waals surface area contributed by atoms with Gasteiger partial charge in [0.25, 0.3) is 5.91 Å². The van der Waals surface area contributed by atoms with Crippen LogP contribution in [0.2, 0.25) is 0 Å². The van der Waals surface area contributed by atoms with Crippen molar-refractivity contribution in [3.05, 3.63) is 65.7 Å². The van der Waals surface area contributed by atoms with Crippen molar-refractivity contribution in [3.63, 3.8) is 0 Å². The number of methoxy groups -OCH3 is 1. The van der Waals surface area contributed by atoms with E-state index in [4.69, 9.17) is 14.3 Å². The molecule has 0 fully saturated rings. The Hall–Kier alpha value is -2.88. The van der Waals surface area contributed by atoms with E-state index in [0.29, 0.717) is 25.2 Å². The zero-order valence-corrected chi connectivity index (χ0v) is 19.9. The fourth-order valence-electron chi connectivity index (χ4n) is 3.92. The summed E-state index contributed by atoms with van der Waals surface area (Å²) in [6.07, 6.45) is 0.955. The minimum Gasteiger partial charge on any atom is -0.497 e. The molecule has 3 rings (SSSR count). The fraction of sp³-hybridized carbons (Fsp3) is 0.440. The lowest BCUT2D eigenvalue weighted by Gasteiger charge is -2.29. The maximum absolute atomic E-state index is 13.4. The van der Waals surface area contributed by atoms with Gasteiger partial charge in [0, 0.05) is 12.8 Å². The maximum Gasteiger partial charge on any atom is 0.475 e. The van der Waals surface area contributed by atoms with E-state index in [1.165, 1.54) is 0 Å². The van der Waals surface area contributed by atoms with Gasteiger partial charge >= 0.3 is 7.12 Å². The topological polar surface area (TPSA) is 110 Å². The molecule has 0 saturated carbocycles. The molecular weight excluding hydrogens is 435 g/mol. The minimum atomic E-state index is -1.67. The molecule has 0 aliphatic carbocycles. The van der Waals surface area contributed by atoms with E-state index in [2.05, 4.69) is 10.5 Å². The summed E-state index contributed by atoms with van der Waals surface area (Å²) in [4.78, 5) is 19.1. The number of hydrogen-bond acceptors (Lipinski definition) is 7. The van der Waals surface area contributed by atoms with Crippen LogP contribution in [0, 0.1) is 5.92 Å². The summed E-state index contributed by atoms with van der Waals surface area (Å²) in [7, 11) is -0.0526. The van der Waals surface area contributed by atoms with Crippen molar-refractivity contribution < 1.29 is 29.2 Å². The highest BCUT2D eigenvalue weighted by molar-refractivity contribution is 6.43. The van der Waals surface area contributed by atoms with Gasteiger partial charge in [0.1, 0.15) is 5.75 Å². The van der Waals surface area contributed by atoms with Gasteiger partial charge in [-0.3, -0.25) is 4.79 Å². The highest BCUT2D eigenvalue weighted by atomic mass is 16.7. The van der Waals surface area contributed by atoms with Gasteiger partial charge in [-0.15, -0.1) is 0 Å². The molecule has 9 heteroatoms. The van der Waals surface area contributed by atoms with Crippen LogP contribution < -0.4 is 10.1 Å². The molecule has 2 atom stereocenters. The molecule has 0 radical (unpaired) electrons. The lowest BCUT2D eigenvalue weighted by Crippen LogP contribution is -2.56. The summed E-state index contributed by atoms with van der Waals surface area (Å²) in [5.74, 6) is -0.291. The van der Waals surface area contributed by atoms with Crippen molar-refractivity contribution in [1.29, 1.82) is 0 Å². The summed E-state index contributed by atoms with van der Waals surface area (Å²) in [6, 6.07) is 17.1. The summed E-state index contributed by atoms with van der Waals surface area (Å²) in [5.41, 5.74) is 1.23. The summed E-state index contributed by atoms with van der Waals surface area (Å²) in [6.45, 7) is 4.51. The van der Waals surface area contributed by atoms with E-state index in [-0.39, 0.29) is 18.9 Å². The Bertz CT molecular complexity index is 952. The van der Waals surface area contributed by atoms with Crippen LogP contribution in [0.25, 0.3) is 0 Å². The van der Waals surface area contributed by atoms with E-state index >= 15 is 0 Å². The second kappa shape index (κ2) is 12.0.